The number of rotatable bonds is 17. The molecule has 2 aliphatic rings. The smallest absolute Gasteiger partial charge is 0.480 e. The molecule has 333 valence electrons. The van der Waals surface area contributed by atoms with Crippen LogP contribution in [0.2, 0.25) is 0 Å². The van der Waals surface area contributed by atoms with E-state index in [1.165, 1.54) is 0 Å². The summed E-state index contributed by atoms with van der Waals surface area (Å²) in [5.74, 6) is -4.16. The Morgan fingerprint density at radius 1 is 0.700 bits per heavy atom. The number of phosphoric ester groups is 1. The molecule has 0 amide bonds. The maximum Gasteiger partial charge on any atom is 3.00 e. The van der Waals surface area contributed by atoms with Gasteiger partial charge in [-0.25, -0.2) is 4.57 Å². The number of aliphatic carboxylic acids is 4. The fourth-order valence-corrected chi connectivity index (χ4v) is 9.61. The van der Waals surface area contributed by atoms with Gasteiger partial charge in [-0.2, -0.15) is 0 Å². The third-order valence-corrected chi connectivity index (χ3v) is 12.5. The van der Waals surface area contributed by atoms with Crippen LogP contribution in [0.3, 0.4) is 0 Å². The van der Waals surface area contributed by atoms with Crippen LogP contribution in [0.1, 0.15) is 72.8 Å². The molecule has 5 N–H and O–H groups in total. The number of benzene rings is 2. The molecule has 0 bridgehead atoms. The van der Waals surface area contributed by atoms with Gasteiger partial charge in [0.15, 0.2) is 0 Å². The number of carbonyl (C=O) groups is 4. The molecule has 0 aromatic heterocycles. The van der Waals surface area contributed by atoms with E-state index in [0.29, 0.717) is 5.56 Å². The van der Waals surface area contributed by atoms with E-state index in [-0.39, 0.29) is 137 Å². The molecule has 3 unspecified atom stereocenters. The molecule has 1 heterocycles. The number of hydrogen-bond donors (Lipinski definition) is 5. The maximum atomic E-state index is 13.1. The second-order valence-corrected chi connectivity index (χ2v) is 17.6. The van der Waals surface area contributed by atoms with Gasteiger partial charge in [0.05, 0.1) is 19.7 Å². The van der Waals surface area contributed by atoms with Gasteiger partial charge in [0, 0.05) is 52.4 Å². The molecule has 1 radical (unpaired) electrons. The maximum absolute atomic E-state index is 13.1. The topological polar surface area (TPSA) is 218 Å². The zero-order valence-corrected chi connectivity index (χ0v) is 38.6. The normalized spacial score (nSPS) is 19.2. The summed E-state index contributed by atoms with van der Waals surface area (Å²) in [4.78, 5) is 66.7. The SMILES string of the molecule is Cc1cc(C)c(-c2cc(C)c(OP(=O)(O)OCCCC(C(=O)O)N3CCN(CC(=O)O)CCN(C(C(=O)O)C4CCCCC4)CCN(CC(=O)O)CC3)cc2C)c(C)c1.[Gd+3]. The van der Waals surface area contributed by atoms with Crippen molar-refractivity contribution in [3.05, 3.63) is 52.1 Å². The largest absolute Gasteiger partial charge is 3.00 e. The molecule has 2 aromatic rings. The molecular weight excluding hydrogens is 941 g/mol. The van der Waals surface area contributed by atoms with Gasteiger partial charge in [-0.3, -0.25) is 48.2 Å². The Bertz CT molecular complexity index is 1790. The molecule has 1 aliphatic carbocycles. The third kappa shape index (κ3) is 15.7. The minimum Gasteiger partial charge on any atom is -0.480 e. The van der Waals surface area contributed by atoms with E-state index in [1.54, 1.807) is 27.7 Å². The molecular formula is C42H63GdN4O12P+3. The molecule has 0 spiro atoms. The summed E-state index contributed by atoms with van der Waals surface area (Å²) in [7, 11) is -4.62. The van der Waals surface area contributed by atoms with Crippen molar-refractivity contribution >= 4 is 31.7 Å². The summed E-state index contributed by atoms with van der Waals surface area (Å²) < 4.78 is 24.0. The van der Waals surface area contributed by atoms with Crippen molar-refractivity contribution in [3.63, 3.8) is 0 Å². The molecule has 4 rings (SSSR count). The van der Waals surface area contributed by atoms with Crippen LogP contribution in [0.25, 0.3) is 11.1 Å². The van der Waals surface area contributed by atoms with Gasteiger partial charge in [0.2, 0.25) is 0 Å². The molecule has 2 aromatic carbocycles. The fraction of sp³-hybridized carbons (Fsp3) is 0.619. The van der Waals surface area contributed by atoms with Crippen LogP contribution in [0, 0.1) is 80.5 Å². The van der Waals surface area contributed by atoms with Crippen molar-refractivity contribution in [2.24, 2.45) is 5.92 Å². The van der Waals surface area contributed by atoms with Gasteiger partial charge in [0.1, 0.15) is 17.8 Å². The van der Waals surface area contributed by atoms with E-state index in [2.05, 4.69) is 12.1 Å². The number of carboxylic acids is 4. The number of carboxylic acid groups (broad SMARTS) is 4. The predicted molar refractivity (Wildman–Crippen MR) is 222 cm³/mol. The van der Waals surface area contributed by atoms with Crippen LogP contribution < -0.4 is 4.52 Å². The zero-order valence-electron chi connectivity index (χ0n) is 35.5. The van der Waals surface area contributed by atoms with E-state index in [4.69, 9.17) is 9.05 Å². The van der Waals surface area contributed by atoms with Crippen LogP contribution in [0.4, 0.5) is 0 Å². The second kappa shape index (κ2) is 24.3. The summed E-state index contributed by atoms with van der Waals surface area (Å²) in [5, 5.41) is 40.2. The third-order valence-electron chi connectivity index (χ3n) is 11.6. The Labute approximate surface area is 385 Å². The summed E-state index contributed by atoms with van der Waals surface area (Å²) in [6, 6.07) is 5.94. The second-order valence-electron chi connectivity index (χ2n) is 16.2. The Morgan fingerprint density at radius 2 is 1.22 bits per heavy atom. The van der Waals surface area contributed by atoms with Crippen molar-refractivity contribution in [2.45, 2.75) is 91.6 Å². The molecule has 1 saturated heterocycles. The van der Waals surface area contributed by atoms with Gasteiger partial charge in [0.25, 0.3) is 0 Å². The number of aryl methyl sites for hydroxylation is 5. The van der Waals surface area contributed by atoms with Crippen molar-refractivity contribution in [1.29, 1.82) is 0 Å². The molecule has 18 heteroatoms. The van der Waals surface area contributed by atoms with Crippen LogP contribution in [0.5, 0.6) is 5.75 Å². The van der Waals surface area contributed by atoms with Crippen molar-refractivity contribution in [2.75, 3.05) is 72.1 Å². The first-order valence-corrected chi connectivity index (χ1v) is 22.0. The summed E-state index contributed by atoms with van der Waals surface area (Å²) in [5.41, 5.74) is 6.95. The Balaban J connectivity index is 0.00000961. The van der Waals surface area contributed by atoms with E-state index < -0.39 is 43.8 Å². The van der Waals surface area contributed by atoms with Crippen molar-refractivity contribution in [3.8, 4) is 16.9 Å². The molecule has 1 aliphatic heterocycles. The monoisotopic (exact) mass is 1000 g/mol. The average Bonchev–Trinajstić information content (AvgIpc) is 3.13. The summed E-state index contributed by atoms with van der Waals surface area (Å²) >= 11 is 0. The van der Waals surface area contributed by atoms with Crippen LogP contribution in [-0.2, 0) is 28.3 Å². The molecule has 1 saturated carbocycles. The van der Waals surface area contributed by atoms with Crippen LogP contribution in [-0.4, -0.2) is 153 Å². The zero-order chi connectivity index (χ0) is 43.4. The minimum absolute atomic E-state index is 0. The summed E-state index contributed by atoms with van der Waals surface area (Å²) in [6.07, 6.45) is 4.52. The first-order valence-electron chi connectivity index (χ1n) is 20.5. The van der Waals surface area contributed by atoms with Crippen LogP contribution >= 0.6 is 7.82 Å². The first-order chi connectivity index (χ1) is 27.8. The standard InChI is InChI=1S/C42H63N4O12P.Gd/c1-28-22-31(4)39(32(5)23-28)34-24-30(3)36(25-29(34)2)58-59(55,56)57-21-9-12-35(41(51)52)45-17-13-43(26-37(47)48)15-19-46(20-16-44(14-18-45)27-38(49)50)40(42(53)54)33-10-7-6-8-11-33;/h22-25,33,35,40H,6-21,26-27H2,1-5H3,(H,47,48)(H,49,50)(H,51,52)(H,53,54)(H,55,56);/q;+3. The summed E-state index contributed by atoms with van der Waals surface area (Å²) in [6.45, 7) is 10.3. The van der Waals surface area contributed by atoms with Gasteiger partial charge < -0.3 is 24.9 Å². The van der Waals surface area contributed by atoms with Gasteiger partial charge in [-0.05, 0) is 112 Å². The van der Waals surface area contributed by atoms with E-state index >= 15 is 0 Å². The number of nitrogens with zero attached hydrogens (tertiary/aromatic N) is 4. The van der Waals surface area contributed by atoms with Crippen LogP contribution in [0.15, 0.2) is 24.3 Å². The molecule has 16 nitrogen and oxygen atoms in total. The van der Waals surface area contributed by atoms with Crippen molar-refractivity contribution < 1.29 is 98.1 Å². The quantitative estimate of drug-likeness (QED) is 0.104. The Morgan fingerprint density at radius 3 is 1.70 bits per heavy atom. The Kier molecular flexibility index (Phi) is 21.0. The van der Waals surface area contributed by atoms with Gasteiger partial charge in [-0.15, -0.1) is 0 Å². The fourth-order valence-electron chi connectivity index (χ4n) is 8.75. The number of hydrogen-bond acceptors (Lipinski definition) is 11. The molecule has 60 heavy (non-hydrogen) atoms. The van der Waals surface area contributed by atoms with E-state index in [9.17, 15) is 49.1 Å². The Hall–Kier alpha value is -2.57. The van der Waals surface area contributed by atoms with Crippen molar-refractivity contribution in [1.82, 2.24) is 19.6 Å². The first kappa shape index (κ1) is 51.8. The predicted octanol–water partition coefficient (Wildman–Crippen LogP) is 5.05. The average molecular weight is 1000 g/mol. The molecule has 3 atom stereocenters. The van der Waals surface area contributed by atoms with Gasteiger partial charge in [-0.1, -0.05) is 37.0 Å². The van der Waals surface area contributed by atoms with E-state index in [0.717, 1.165) is 65.5 Å². The number of phosphoric acid groups is 1. The molecule has 2 fully saturated rings. The van der Waals surface area contributed by atoms with Gasteiger partial charge >= 0.3 is 71.6 Å². The van der Waals surface area contributed by atoms with E-state index in [1.807, 2.05) is 38.7 Å². The minimum atomic E-state index is -4.62.